The zero-order valence-corrected chi connectivity index (χ0v) is 5.77. The molecule has 0 bridgehead atoms. The number of hydrogen-bond acceptors (Lipinski definition) is 2. The predicted molar refractivity (Wildman–Crippen MR) is 31.0 cm³/mol. The number of amidine groups is 2. The standard InChI is InChI=1S/C5H6N3.Fe/c6-4-2-1-3-5(7)8-4;/h1-2H,3H2,(H2-,6,7,8);/q-1;+1. The van der Waals surface area contributed by atoms with Crippen LogP contribution in [0.1, 0.15) is 6.42 Å². The van der Waals surface area contributed by atoms with E-state index >= 15 is 0 Å². The van der Waals surface area contributed by atoms with Crippen LogP contribution in [0.2, 0.25) is 0 Å². The molecule has 0 unspecified atom stereocenters. The molecule has 0 saturated carbocycles. The van der Waals surface area contributed by atoms with Gasteiger partial charge in [0, 0.05) is 0 Å². The molecule has 4 heteroatoms. The summed E-state index contributed by atoms with van der Waals surface area (Å²) in [6.07, 6.45) is 4.02. The van der Waals surface area contributed by atoms with E-state index in [2.05, 4.69) is 16.2 Å². The molecular formula is C5H6FeN3. The van der Waals surface area contributed by atoms with E-state index in [1.807, 2.05) is 0 Å². The average molecular weight is 164 g/mol. The normalized spacial score (nSPS) is 19.0. The number of hydrogen-bond donors (Lipinski definition) is 2. The molecule has 9 heavy (non-hydrogen) atoms. The second-order valence-corrected chi connectivity index (χ2v) is 2.20. The van der Waals surface area contributed by atoms with Crippen LogP contribution in [-0.4, -0.2) is 15.6 Å². The zero-order chi connectivity index (χ0) is 6.85. The Balaban J connectivity index is 2.81. The predicted octanol–water partition coefficient (Wildman–Crippen LogP) is 0.665. The molecule has 0 aromatic carbocycles. The van der Waals surface area contributed by atoms with E-state index in [9.17, 15) is 0 Å². The molecule has 49 valence electrons. The van der Waals surface area contributed by atoms with Crippen molar-refractivity contribution in [2.45, 2.75) is 6.42 Å². The first-order valence-corrected chi connectivity index (χ1v) is 2.98. The third-order valence-corrected chi connectivity index (χ3v) is 1.59. The Morgan fingerprint density at radius 2 is 2.22 bits per heavy atom. The van der Waals surface area contributed by atoms with Crippen molar-refractivity contribution < 1.29 is 16.2 Å². The van der Waals surface area contributed by atoms with Gasteiger partial charge in [0.25, 0.3) is 0 Å². The molecule has 0 amide bonds. The molecule has 1 rings (SSSR count). The van der Waals surface area contributed by atoms with Gasteiger partial charge in [0.15, 0.2) is 0 Å². The molecule has 3 nitrogen and oxygen atoms in total. The molecule has 2 N–H and O–H groups in total. The fourth-order valence-electron chi connectivity index (χ4n) is 0.569. The van der Waals surface area contributed by atoms with Crippen LogP contribution in [0.4, 0.5) is 0 Å². The monoisotopic (exact) mass is 164 g/mol. The molecule has 0 radical (unpaired) electrons. The summed E-state index contributed by atoms with van der Waals surface area (Å²) in [5.74, 6) is 0.661. The summed E-state index contributed by atoms with van der Waals surface area (Å²) in [6.45, 7) is 0. The van der Waals surface area contributed by atoms with Crippen LogP contribution in [0.25, 0.3) is 0 Å². The van der Waals surface area contributed by atoms with Crippen molar-refractivity contribution in [2.75, 3.05) is 0 Å². The fourth-order valence-corrected chi connectivity index (χ4v) is 0.752. The van der Waals surface area contributed by atoms with Crippen molar-refractivity contribution >= 4 is 11.7 Å². The Kier molecular flexibility index (Phi) is 1.69. The maximum absolute atomic E-state index is 7.20. The van der Waals surface area contributed by atoms with E-state index in [4.69, 9.17) is 10.8 Å². The van der Waals surface area contributed by atoms with Gasteiger partial charge in [0.2, 0.25) is 0 Å². The molecular weight excluding hydrogens is 158 g/mol. The Bertz CT molecular complexity index is 185. The van der Waals surface area contributed by atoms with Gasteiger partial charge in [0.1, 0.15) is 0 Å². The molecule has 1 heterocycles. The zero-order valence-electron chi connectivity index (χ0n) is 4.66. The summed E-state index contributed by atoms with van der Waals surface area (Å²) in [7, 11) is 0. The number of nitrogens with one attached hydrogen (secondary N) is 2. The Morgan fingerprint density at radius 1 is 1.56 bits per heavy atom. The number of rotatable bonds is 0. The van der Waals surface area contributed by atoms with Crippen LogP contribution in [0.3, 0.4) is 0 Å². The van der Waals surface area contributed by atoms with Crippen molar-refractivity contribution in [2.24, 2.45) is 0 Å². The third-order valence-electron chi connectivity index (χ3n) is 1.02. The van der Waals surface area contributed by atoms with Gasteiger partial charge in [-0.3, -0.25) is 0 Å². The van der Waals surface area contributed by atoms with Crippen molar-refractivity contribution in [1.29, 1.82) is 10.8 Å². The van der Waals surface area contributed by atoms with Gasteiger partial charge in [0.05, 0.1) is 0 Å². The van der Waals surface area contributed by atoms with Crippen LogP contribution >= 0.6 is 0 Å². The van der Waals surface area contributed by atoms with Gasteiger partial charge >= 0.3 is 61.2 Å². The van der Waals surface area contributed by atoms with Crippen molar-refractivity contribution in [3.05, 3.63) is 12.2 Å². The molecule has 0 saturated heterocycles. The van der Waals surface area contributed by atoms with Crippen LogP contribution in [0.5, 0.6) is 0 Å². The van der Waals surface area contributed by atoms with Crippen molar-refractivity contribution in [3.8, 4) is 0 Å². The van der Waals surface area contributed by atoms with E-state index in [-0.39, 0.29) is 5.84 Å². The summed E-state index contributed by atoms with van der Waals surface area (Å²) < 4.78 is 1.31. The minimum absolute atomic E-state index is 0.284. The fraction of sp³-hybridized carbons (Fsp3) is 0.200. The van der Waals surface area contributed by atoms with E-state index < -0.39 is 0 Å². The Hall–Kier alpha value is -0.601. The van der Waals surface area contributed by atoms with Gasteiger partial charge in [-0.25, -0.2) is 0 Å². The van der Waals surface area contributed by atoms with E-state index in [0.717, 1.165) is 0 Å². The van der Waals surface area contributed by atoms with E-state index in [1.54, 1.807) is 12.2 Å². The van der Waals surface area contributed by atoms with Crippen molar-refractivity contribution in [1.82, 2.24) is 3.92 Å². The van der Waals surface area contributed by atoms with Crippen LogP contribution in [0.15, 0.2) is 12.2 Å². The quantitative estimate of drug-likeness (QED) is 0.507. The second-order valence-electron chi connectivity index (χ2n) is 1.71. The molecule has 1 aliphatic heterocycles. The van der Waals surface area contributed by atoms with Gasteiger partial charge < -0.3 is 0 Å². The maximum atomic E-state index is 7.20. The number of nitrogens with zero attached hydrogens (tertiary/aromatic N) is 1. The molecule has 0 aliphatic carbocycles. The molecule has 1 aliphatic rings. The van der Waals surface area contributed by atoms with Crippen LogP contribution in [0, 0.1) is 10.8 Å². The Morgan fingerprint density at radius 3 is 2.67 bits per heavy atom. The van der Waals surface area contributed by atoms with Gasteiger partial charge in [-0.05, 0) is 0 Å². The molecule has 0 aromatic heterocycles. The van der Waals surface area contributed by atoms with Gasteiger partial charge in [-0.1, -0.05) is 0 Å². The first-order chi connectivity index (χ1) is 4.22. The summed E-state index contributed by atoms with van der Waals surface area (Å²) in [5, 5.41) is 14.4. The summed E-state index contributed by atoms with van der Waals surface area (Å²) in [5.41, 5.74) is 0. The Labute approximate surface area is 61.8 Å². The van der Waals surface area contributed by atoms with E-state index in [0.29, 0.717) is 12.3 Å². The summed E-state index contributed by atoms with van der Waals surface area (Å²) >= 11 is 3.49. The first-order valence-electron chi connectivity index (χ1n) is 2.49. The van der Waals surface area contributed by atoms with Crippen LogP contribution < -0.4 is 0 Å². The molecule has 0 fully saturated rings. The van der Waals surface area contributed by atoms with Gasteiger partial charge in [-0.15, -0.1) is 0 Å². The van der Waals surface area contributed by atoms with Crippen molar-refractivity contribution in [3.63, 3.8) is 0 Å². The minimum atomic E-state index is 0.284. The van der Waals surface area contributed by atoms with E-state index in [1.165, 1.54) is 3.92 Å². The molecule has 0 spiro atoms. The summed E-state index contributed by atoms with van der Waals surface area (Å²) in [4.78, 5) is 0. The van der Waals surface area contributed by atoms with Gasteiger partial charge in [-0.2, -0.15) is 0 Å². The SMILES string of the molecule is N=C1C=CCC(=N)[N]1[Fe]. The second kappa shape index (κ2) is 2.33. The molecule has 0 atom stereocenters. The third kappa shape index (κ3) is 1.20. The molecule has 0 aromatic rings. The average Bonchev–Trinajstić information content (AvgIpc) is 1.83. The first kappa shape index (κ1) is 6.52. The summed E-state index contributed by atoms with van der Waals surface area (Å²) in [6, 6.07) is 0. The van der Waals surface area contributed by atoms with Crippen LogP contribution in [-0.2, 0) is 16.2 Å². The topological polar surface area (TPSA) is 50.9 Å².